The van der Waals surface area contributed by atoms with Gasteiger partial charge in [-0.1, -0.05) is 74.5 Å². The molecular weight excluding hydrogens is 648 g/mol. The monoisotopic (exact) mass is 692 g/mol. The normalized spacial score (nSPS) is 18.1. The van der Waals surface area contributed by atoms with Crippen molar-refractivity contribution in [2.75, 3.05) is 13.1 Å². The molecule has 1 saturated carbocycles. The van der Waals surface area contributed by atoms with Crippen LogP contribution in [-0.4, -0.2) is 56.9 Å². The first-order valence-electron chi connectivity index (χ1n) is 17.3. The van der Waals surface area contributed by atoms with Crippen LogP contribution >= 0.6 is 0 Å². The molecule has 1 aliphatic rings. The first-order chi connectivity index (χ1) is 24.7. The van der Waals surface area contributed by atoms with E-state index in [4.69, 9.17) is 9.47 Å². The number of ether oxygens (including phenoxy) is 2. The maximum absolute atomic E-state index is 14.4. The minimum Gasteiger partial charge on any atom is -0.481 e. The standard InChI is InChI=1S/C41H44N2O8/c1-3-23-42(26-28-15-19-32(20-16-28)50-30-11-7-5-8-12-30)38(44)36-34(40(46)47)25-35(41(48)49)37(36)39(45)43(24-4-2)27-29-17-21-33(22-18-29)51-31-13-9-6-10-14-31/h5-22,34-37H,3-4,23-27H2,1-2H3,(H,46,47)(H,48,49)/t34-,35+,36-,37+. The lowest BCUT2D eigenvalue weighted by molar-refractivity contribution is -0.156. The first-order valence-corrected chi connectivity index (χ1v) is 17.3. The lowest BCUT2D eigenvalue weighted by atomic mass is 9.84. The van der Waals surface area contributed by atoms with Crippen molar-refractivity contribution in [1.82, 2.24) is 9.80 Å². The highest BCUT2D eigenvalue weighted by molar-refractivity contribution is 5.95. The molecule has 1 aliphatic carbocycles. The Hall–Kier alpha value is -5.64. The molecule has 10 nitrogen and oxygen atoms in total. The molecule has 0 aromatic heterocycles. The number of hydrogen-bond donors (Lipinski definition) is 2. The van der Waals surface area contributed by atoms with Crippen molar-refractivity contribution in [1.29, 1.82) is 0 Å². The lowest BCUT2D eigenvalue weighted by Crippen LogP contribution is -2.48. The molecule has 5 rings (SSSR count). The van der Waals surface area contributed by atoms with Crippen LogP contribution in [0.1, 0.15) is 44.2 Å². The number of carboxylic acids is 2. The Kier molecular flexibility index (Phi) is 12.5. The topological polar surface area (TPSA) is 134 Å². The third kappa shape index (κ3) is 9.33. The molecule has 51 heavy (non-hydrogen) atoms. The van der Waals surface area contributed by atoms with Gasteiger partial charge in [-0.05, 0) is 78.9 Å². The number of amides is 2. The van der Waals surface area contributed by atoms with Crippen molar-refractivity contribution in [2.24, 2.45) is 23.7 Å². The van der Waals surface area contributed by atoms with Crippen molar-refractivity contribution >= 4 is 23.8 Å². The van der Waals surface area contributed by atoms with Crippen LogP contribution in [0.5, 0.6) is 23.0 Å². The summed E-state index contributed by atoms with van der Waals surface area (Å²) < 4.78 is 11.8. The van der Waals surface area contributed by atoms with Crippen LogP contribution in [0.15, 0.2) is 109 Å². The number of carbonyl (C=O) groups is 4. The Morgan fingerprint density at radius 3 is 1.20 bits per heavy atom. The zero-order chi connectivity index (χ0) is 36.3. The zero-order valence-electron chi connectivity index (χ0n) is 28.9. The van der Waals surface area contributed by atoms with E-state index in [1.165, 1.54) is 0 Å². The summed E-state index contributed by atoms with van der Waals surface area (Å²) >= 11 is 0. The molecule has 1 fully saturated rings. The Bertz CT molecular complexity index is 1630. The molecule has 0 aliphatic heterocycles. The van der Waals surface area contributed by atoms with Gasteiger partial charge in [-0.2, -0.15) is 0 Å². The number of benzene rings is 4. The smallest absolute Gasteiger partial charge is 0.307 e. The van der Waals surface area contributed by atoms with Gasteiger partial charge >= 0.3 is 11.9 Å². The molecule has 4 aromatic carbocycles. The predicted octanol–water partition coefficient (Wildman–Crippen LogP) is 7.49. The summed E-state index contributed by atoms with van der Waals surface area (Å²) in [5.74, 6) is -6.38. The summed E-state index contributed by atoms with van der Waals surface area (Å²) in [4.78, 5) is 57.2. The van der Waals surface area contributed by atoms with E-state index in [1.807, 2.05) is 98.8 Å². The molecule has 0 bridgehead atoms. The van der Waals surface area contributed by atoms with Gasteiger partial charge in [0.2, 0.25) is 11.8 Å². The predicted molar refractivity (Wildman–Crippen MR) is 191 cm³/mol. The van der Waals surface area contributed by atoms with Crippen molar-refractivity contribution in [3.05, 3.63) is 120 Å². The summed E-state index contributed by atoms with van der Waals surface area (Å²) in [6.07, 6.45) is 0.852. The van der Waals surface area contributed by atoms with Crippen molar-refractivity contribution in [3.63, 3.8) is 0 Å². The Labute approximate surface area is 298 Å². The number of aliphatic carboxylic acids is 2. The molecule has 0 unspecified atom stereocenters. The van der Waals surface area contributed by atoms with Gasteiger partial charge in [-0.25, -0.2) is 0 Å². The van der Waals surface area contributed by atoms with Crippen LogP contribution in [0, 0.1) is 23.7 Å². The molecule has 0 radical (unpaired) electrons. The molecule has 10 heteroatoms. The number of rotatable bonds is 16. The van der Waals surface area contributed by atoms with E-state index in [0.29, 0.717) is 48.9 Å². The molecule has 0 heterocycles. The first kappa shape index (κ1) is 36.6. The minimum absolute atomic E-state index is 0.163. The SMILES string of the molecule is CCCN(Cc1ccc(Oc2ccccc2)cc1)C(=O)[C@@H]1[C@H](C(=O)N(CCC)Cc2ccc(Oc3ccccc3)cc2)[C@H](C(=O)O)C[C@@H]1C(=O)O. The van der Waals surface area contributed by atoms with Gasteiger partial charge in [0, 0.05) is 26.2 Å². The van der Waals surface area contributed by atoms with Crippen LogP contribution < -0.4 is 9.47 Å². The largest absolute Gasteiger partial charge is 0.481 e. The van der Waals surface area contributed by atoms with Crippen LogP contribution in [0.2, 0.25) is 0 Å². The summed E-state index contributed by atoms with van der Waals surface area (Å²) in [6.45, 7) is 4.74. The van der Waals surface area contributed by atoms with E-state index < -0.39 is 47.4 Å². The van der Waals surface area contributed by atoms with Crippen LogP contribution in [0.25, 0.3) is 0 Å². The maximum atomic E-state index is 14.4. The fraction of sp³-hybridized carbons (Fsp3) is 0.317. The molecule has 2 amide bonds. The summed E-state index contributed by atoms with van der Waals surface area (Å²) in [5.41, 5.74) is 1.57. The second-order valence-electron chi connectivity index (χ2n) is 12.8. The number of hydrogen-bond acceptors (Lipinski definition) is 6. The van der Waals surface area contributed by atoms with Crippen molar-refractivity contribution in [2.45, 2.75) is 46.2 Å². The number of para-hydroxylation sites is 2. The Balaban J connectivity index is 1.38. The maximum Gasteiger partial charge on any atom is 0.307 e. The van der Waals surface area contributed by atoms with E-state index in [2.05, 4.69) is 0 Å². The molecule has 4 atom stereocenters. The van der Waals surface area contributed by atoms with Crippen LogP contribution in [0.4, 0.5) is 0 Å². The fourth-order valence-electron chi connectivity index (χ4n) is 6.74. The molecular formula is C41H44N2O8. The Morgan fingerprint density at radius 1 is 0.549 bits per heavy atom. The Morgan fingerprint density at radius 2 is 0.882 bits per heavy atom. The van der Waals surface area contributed by atoms with Gasteiger partial charge in [0.25, 0.3) is 0 Å². The summed E-state index contributed by atoms with van der Waals surface area (Å²) in [7, 11) is 0. The van der Waals surface area contributed by atoms with Gasteiger partial charge in [0.15, 0.2) is 0 Å². The van der Waals surface area contributed by atoms with E-state index in [9.17, 15) is 29.4 Å². The van der Waals surface area contributed by atoms with Crippen molar-refractivity contribution < 1.29 is 38.9 Å². The van der Waals surface area contributed by atoms with Crippen LogP contribution in [-0.2, 0) is 32.3 Å². The van der Waals surface area contributed by atoms with Crippen molar-refractivity contribution in [3.8, 4) is 23.0 Å². The number of nitrogens with zero attached hydrogens (tertiary/aromatic N) is 2. The van der Waals surface area contributed by atoms with E-state index in [-0.39, 0.29) is 19.5 Å². The second kappa shape index (κ2) is 17.3. The van der Waals surface area contributed by atoms with Gasteiger partial charge in [0.1, 0.15) is 23.0 Å². The van der Waals surface area contributed by atoms with Gasteiger partial charge < -0.3 is 29.5 Å². The van der Waals surface area contributed by atoms with Gasteiger partial charge in [-0.15, -0.1) is 0 Å². The summed E-state index contributed by atoms with van der Waals surface area (Å²) in [5, 5.41) is 20.6. The van der Waals surface area contributed by atoms with Crippen LogP contribution in [0.3, 0.4) is 0 Å². The average molecular weight is 693 g/mol. The lowest BCUT2D eigenvalue weighted by Gasteiger charge is -2.33. The molecule has 4 aromatic rings. The second-order valence-corrected chi connectivity index (χ2v) is 12.8. The minimum atomic E-state index is -1.34. The summed E-state index contributed by atoms with van der Waals surface area (Å²) in [6, 6.07) is 33.2. The van der Waals surface area contributed by atoms with Gasteiger partial charge in [0.05, 0.1) is 23.7 Å². The number of carboxylic acid groups (broad SMARTS) is 2. The van der Waals surface area contributed by atoms with Gasteiger partial charge in [-0.3, -0.25) is 19.2 Å². The molecule has 2 N–H and O–H groups in total. The highest BCUT2D eigenvalue weighted by Crippen LogP contribution is 2.45. The third-order valence-electron chi connectivity index (χ3n) is 9.13. The molecule has 266 valence electrons. The fourth-order valence-corrected chi connectivity index (χ4v) is 6.74. The number of carbonyl (C=O) groups excluding carboxylic acids is 2. The van der Waals surface area contributed by atoms with E-state index in [0.717, 1.165) is 11.1 Å². The van der Waals surface area contributed by atoms with E-state index >= 15 is 0 Å². The average Bonchev–Trinajstić information content (AvgIpc) is 3.55. The molecule has 0 saturated heterocycles. The quantitative estimate of drug-likeness (QED) is 0.123. The highest BCUT2D eigenvalue weighted by Gasteiger charge is 2.57. The van der Waals surface area contributed by atoms with E-state index in [1.54, 1.807) is 34.1 Å². The zero-order valence-corrected chi connectivity index (χ0v) is 28.9. The third-order valence-corrected chi connectivity index (χ3v) is 9.13. The highest BCUT2D eigenvalue weighted by atomic mass is 16.5. The molecule has 0 spiro atoms.